The predicted octanol–water partition coefficient (Wildman–Crippen LogP) is -0.846. The van der Waals surface area contributed by atoms with Gasteiger partial charge in [-0.15, -0.1) is 0 Å². The van der Waals surface area contributed by atoms with E-state index in [1.54, 1.807) is 12.1 Å². The van der Waals surface area contributed by atoms with Gasteiger partial charge >= 0.3 is 11.9 Å². The van der Waals surface area contributed by atoms with E-state index in [4.69, 9.17) is 10.8 Å². The van der Waals surface area contributed by atoms with Crippen LogP contribution in [0, 0.1) is 0 Å². The Labute approximate surface area is 228 Å². The molecule has 9 N–H and O–H groups in total. The standard InChI is InChI=1S/C25H30N4O9S/c26-17(9-13-1-5-15(30)6-2-13)22(34)29-20(12-39)24(36)27-18(10-14-3-7-16(31)8-4-14)23(35)28-19(25(37)38)11-21(32)33/h1-8,17-20,30-31,39H,9-12,26H2,(H,27,36)(H,28,35)(H,29,34)(H,32,33)(H,37,38). The van der Waals surface area contributed by atoms with E-state index in [0.29, 0.717) is 11.1 Å². The molecule has 0 aromatic heterocycles. The Morgan fingerprint density at radius 1 is 0.692 bits per heavy atom. The van der Waals surface area contributed by atoms with Crippen molar-refractivity contribution >= 4 is 42.3 Å². The summed E-state index contributed by atoms with van der Waals surface area (Å²) in [5.41, 5.74) is 7.11. The number of hydrogen-bond donors (Lipinski definition) is 9. The molecule has 0 aliphatic rings. The highest BCUT2D eigenvalue weighted by atomic mass is 32.1. The molecule has 0 aliphatic carbocycles. The summed E-state index contributed by atoms with van der Waals surface area (Å²) in [6.07, 6.45) is -0.931. The minimum atomic E-state index is -1.76. The minimum absolute atomic E-state index is 0.0438. The fraction of sp³-hybridized carbons (Fsp3) is 0.320. The van der Waals surface area contributed by atoms with Gasteiger partial charge in [0, 0.05) is 12.2 Å². The summed E-state index contributed by atoms with van der Waals surface area (Å²) in [5, 5.41) is 44.1. The second-order valence-electron chi connectivity index (χ2n) is 8.65. The first-order chi connectivity index (χ1) is 18.4. The molecular weight excluding hydrogens is 532 g/mol. The first kappa shape index (κ1) is 30.9. The van der Waals surface area contributed by atoms with Crippen LogP contribution in [0.25, 0.3) is 0 Å². The number of carboxylic acids is 2. The molecule has 0 fully saturated rings. The van der Waals surface area contributed by atoms with Crippen molar-refractivity contribution in [1.82, 2.24) is 16.0 Å². The van der Waals surface area contributed by atoms with Crippen molar-refractivity contribution in [1.29, 1.82) is 0 Å². The third-order valence-electron chi connectivity index (χ3n) is 5.55. The summed E-state index contributed by atoms with van der Waals surface area (Å²) in [6.45, 7) is 0. The van der Waals surface area contributed by atoms with E-state index in [9.17, 15) is 39.3 Å². The summed E-state index contributed by atoms with van der Waals surface area (Å²) in [7, 11) is 0. The van der Waals surface area contributed by atoms with Gasteiger partial charge in [-0.05, 0) is 41.8 Å². The van der Waals surface area contributed by atoms with Crippen molar-refractivity contribution in [2.75, 3.05) is 5.75 Å². The van der Waals surface area contributed by atoms with E-state index < -0.39 is 60.2 Å². The van der Waals surface area contributed by atoms with Crippen LogP contribution in [0.15, 0.2) is 48.5 Å². The van der Waals surface area contributed by atoms with Crippen LogP contribution in [0.3, 0.4) is 0 Å². The van der Waals surface area contributed by atoms with Gasteiger partial charge in [-0.2, -0.15) is 12.6 Å². The van der Waals surface area contributed by atoms with Crippen molar-refractivity contribution in [2.24, 2.45) is 5.73 Å². The van der Waals surface area contributed by atoms with E-state index in [2.05, 4.69) is 28.6 Å². The lowest BCUT2D eigenvalue weighted by Gasteiger charge is -2.24. The largest absolute Gasteiger partial charge is 0.508 e. The fourth-order valence-electron chi connectivity index (χ4n) is 3.45. The SMILES string of the molecule is NC(Cc1ccc(O)cc1)C(=O)NC(CS)C(=O)NC(Cc1ccc(O)cc1)C(=O)NC(CC(=O)O)C(=O)O. The van der Waals surface area contributed by atoms with Gasteiger partial charge in [-0.3, -0.25) is 19.2 Å². The number of carbonyl (C=O) groups excluding carboxylic acids is 3. The number of rotatable bonds is 14. The Kier molecular flexibility index (Phi) is 11.6. The Balaban J connectivity index is 2.15. The van der Waals surface area contributed by atoms with Gasteiger partial charge in [-0.25, -0.2) is 4.79 Å². The van der Waals surface area contributed by atoms with Gasteiger partial charge in [0.25, 0.3) is 0 Å². The number of carboxylic acid groups (broad SMARTS) is 2. The number of phenolic OH excluding ortho intramolecular Hbond substituents is 2. The van der Waals surface area contributed by atoms with Crippen LogP contribution in [-0.2, 0) is 36.8 Å². The molecule has 4 unspecified atom stereocenters. The number of phenols is 2. The number of aromatic hydroxyl groups is 2. The van der Waals surface area contributed by atoms with Crippen LogP contribution >= 0.6 is 12.6 Å². The first-order valence-electron chi connectivity index (χ1n) is 11.7. The van der Waals surface area contributed by atoms with E-state index in [1.807, 2.05) is 0 Å². The van der Waals surface area contributed by atoms with Crippen molar-refractivity contribution in [2.45, 2.75) is 43.4 Å². The molecular formula is C25H30N4O9S. The van der Waals surface area contributed by atoms with Crippen LogP contribution in [0.4, 0.5) is 0 Å². The third-order valence-corrected chi connectivity index (χ3v) is 5.91. The summed E-state index contributed by atoms with van der Waals surface area (Å²) in [5.74, 6) is -5.67. The Morgan fingerprint density at radius 3 is 1.59 bits per heavy atom. The molecule has 3 amide bonds. The van der Waals surface area contributed by atoms with Gasteiger partial charge in [0.2, 0.25) is 17.7 Å². The molecule has 14 heteroatoms. The smallest absolute Gasteiger partial charge is 0.326 e. The van der Waals surface area contributed by atoms with E-state index in [-0.39, 0.29) is 30.1 Å². The summed E-state index contributed by atoms with van der Waals surface area (Å²) >= 11 is 4.10. The lowest BCUT2D eigenvalue weighted by atomic mass is 10.0. The lowest BCUT2D eigenvalue weighted by molar-refractivity contribution is -0.147. The summed E-state index contributed by atoms with van der Waals surface area (Å²) in [4.78, 5) is 61.0. The first-order valence-corrected chi connectivity index (χ1v) is 12.3. The summed E-state index contributed by atoms with van der Waals surface area (Å²) < 4.78 is 0. The Morgan fingerprint density at radius 2 is 1.13 bits per heavy atom. The van der Waals surface area contributed by atoms with Gasteiger partial charge in [0.15, 0.2) is 0 Å². The molecule has 2 rings (SSSR count). The third kappa shape index (κ3) is 10.2. The Hall–Kier alpha value is -4.30. The minimum Gasteiger partial charge on any atom is -0.508 e. The second-order valence-corrected chi connectivity index (χ2v) is 9.01. The molecule has 0 spiro atoms. The average molecular weight is 563 g/mol. The van der Waals surface area contributed by atoms with Crippen molar-refractivity contribution in [3.63, 3.8) is 0 Å². The fourth-order valence-corrected chi connectivity index (χ4v) is 3.70. The molecule has 0 heterocycles. The number of nitrogens with one attached hydrogen (secondary N) is 3. The lowest BCUT2D eigenvalue weighted by Crippen LogP contribution is -2.58. The molecule has 0 saturated carbocycles. The molecule has 2 aromatic rings. The molecule has 0 radical (unpaired) electrons. The number of nitrogens with two attached hydrogens (primary N) is 1. The molecule has 210 valence electrons. The van der Waals surface area contributed by atoms with Crippen LogP contribution in [-0.4, -0.2) is 80.0 Å². The van der Waals surface area contributed by atoms with Crippen molar-refractivity contribution in [3.8, 4) is 11.5 Å². The highest BCUT2D eigenvalue weighted by molar-refractivity contribution is 7.80. The zero-order valence-corrected chi connectivity index (χ0v) is 21.5. The van der Waals surface area contributed by atoms with Gasteiger partial charge in [0.05, 0.1) is 12.5 Å². The zero-order chi connectivity index (χ0) is 29.1. The van der Waals surface area contributed by atoms with E-state index in [0.717, 1.165) is 0 Å². The highest BCUT2D eigenvalue weighted by Crippen LogP contribution is 2.13. The van der Waals surface area contributed by atoms with E-state index in [1.165, 1.54) is 36.4 Å². The van der Waals surface area contributed by atoms with E-state index >= 15 is 0 Å². The molecule has 0 bridgehead atoms. The molecule has 4 atom stereocenters. The van der Waals surface area contributed by atoms with Crippen LogP contribution < -0.4 is 21.7 Å². The maximum absolute atomic E-state index is 13.0. The molecule has 0 aliphatic heterocycles. The molecule has 2 aromatic carbocycles. The predicted molar refractivity (Wildman–Crippen MR) is 141 cm³/mol. The number of amides is 3. The van der Waals surface area contributed by atoms with Crippen molar-refractivity contribution in [3.05, 3.63) is 59.7 Å². The topological polar surface area (TPSA) is 228 Å². The zero-order valence-electron chi connectivity index (χ0n) is 20.6. The van der Waals surface area contributed by atoms with Crippen LogP contribution in [0.5, 0.6) is 11.5 Å². The van der Waals surface area contributed by atoms with Gasteiger partial charge < -0.3 is 42.1 Å². The summed E-state index contributed by atoms with van der Waals surface area (Å²) in [6, 6.07) is 6.31. The molecule has 39 heavy (non-hydrogen) atoms. The number of aliphatic carboxylic acids is 2. The van der Waals surface area contributed by atoms with Gasteiger partial charge in [-0.1, -0.05) is 24.3 Å². The maximum atomic E-state index is 13.0. The Bertz CT molecular complexity index is 1180. The second kappa shape index (κ2) is 14.6. The number of hydrogen-bond acceptors (Lipinski definition) is 9. The molecule has 0 saturated heterocycles. The maximum Gasteiger partial charge on any atom is 0.326 e. The number of benzene rings is 2. The monoisotopic (exact) mass is 562 g/mol. The molecule has 13 nitrogen and oxygen atoms in total. The normalized spacial score (nSPS) is 13.8. The quantitative estimate of drug-likeness (QED) is 0.130. The average Bonchev–Trinajstić information content (AvgIpc) is 2.88. The number of thiol groups is 1. The van der Waals surface area contributed by atoms with Crippen LogP contribution in [0.1, 0.15) is 17.5 Å². The number of carbonyl (C=O) groups is 5. The highest BCUT2D eigenvalue weighted by Gasteiger charge is 2.31. The van der Waals surface area contributed by atoms with Crippen molar-refractivity contribution < 1.29 is 44.4 Å². The van der Waals surface area contributed by atoms with Crippen LogP contribution in [0.2, 0.25) is 0 Å². The van der Waals surface area contributed by atoms with Gasteiger partial charge in [0.1, 0.15) is 29.6 Å².